The molecule has 1 aromatic carbocycles. The molecule has 1 aliphatic heterocycles. The fraction of sp³-hybridized carbons (Fsp3) is 0.500. The van der Waals surface area contributed by atoms with E-state index in [4.69, 9.17) is 0 Å². The number of hydrogen-bond acceptors (Lipinski definition) is 3. The first kappa shape index (κ1) is 10.6. The summed E-state index contributed by atoms with van der Waals surface area (Å²) >= 11 is 0. The van der Waals surface area contributed by atoms with Crippen molar-refractivity contribution in [2.45, 2.75) is 12.3 Å². The molecule has 17 heavy (non-hydrogen) atoms. The first-order chi connectivity index (χ1) is 8.34. The quantitative estimate of drug-likeness (QED) is 0.854. The van der Waals surface area contributed by atoms with Gasteiger partial charge in [0.1, 0.15) is 0 Å². The Kier molecular flexibility index (Phi) is 2.75. The van der Waals surface area contributed by atoms with E-state index < -0.39 is 0 Å². The number of rotatable bonds is 3. The lowest BCUT2D eigenvalue weighted by Gasteiger charge is -2.15. The summed E-state index contributed by atoms with van der Waals surface area (Å²) in [5.41, 5.74) is 1.49. The second-order valence-corrected chi connectivity index (χ2v) is 5.02. The summed E-state index contributed by atoms with van der Waals surface area (Å²) < 4.78 is 0. The molecule has 3 rings (SSSR count). The molecule has 0 amide bonds. The van der Waals surface area contributed by atoms with Crippen LogP contribution < -0.4 is 5.32 Å². The van der Waals surface area contributed by atoms with Crippen LogP contribution in [0.2, 0.25) is 0 Å². The van der Waals surface area contributed by atoms with Crippen LogP contribution in [0.3, 0.4) is 0 Å². The van der Waals surface area contributed by atoms with Crippen molar-refractivity contribution in [1.82, 2.24) is 10.2 Å². The topological polar surface area (TPSA) is 27.6 Å². The monoisotopic (exact) mass is 229 g/mol. The lowest BCUT2D eigenvalue weighted by Crippen LogP contribution is -2.36. The van der Waals surface area contributed by atoms with E-state index in [2.05, 4.69) is 52.6 Å². The van der Waals surface area contributed by atoms with Crippen LogP contribution in [-0.4, -0.2) is 37.5 Å². The van der Waals surface area contributed by atoms with Gasteiger partial charge in [0.2, 0.25) is 0 Å². The zero-order chi connectivity index (χ0) is 11.7. The summed E-state index contributed by atoms with van der Waals surface area (Å²) in [4.78, 5) is 6.64. The van der Waals surface area contributed by atoms with Crippen LogP contribution in [0.25, 0.3) is 0 Å². The van der Waals surface area contributed by atoms with Crippen molar-refractivity contribution in [2.24, 2.45) is 10.9 Å². The van der Waals surface area contributed by atoms with Crippen LogP contribution in [-0.2, 0) is 0 Å². The molecule has 1 aliphatic carbocycles. The van der Waals surface area contributed by atoms with Crippen LogP contribution >= 0.6 is 0 Å². The average molecular weight is 229 g/mol. The first-order valence-corrected chi connectivity index (χ1v) is 6.39. The number of benzene rings is 1. The van der Waals surface area contributed by atoms with E-state index >= 15 is 0 Å². The fourth-order valence-electron chi connectivity index (χ4n) is 2.53. The Labute approximate surface area is 103 Å². The maximum Gasteiger partial charge on any atom is 0.193 e. The summed E-state index contributed by atoms with van der Waals surface area (Å²) in [5, 5.41) is 3.47. The maximum atomic E-state index is 4.45. The largest absolute Gasteiger partial charge is 0.356 e. The van der Waals surface area contributed by atoms with E-state index in [1.807, 2.05) is 0 Å². The first-order valence-electron chi connectivity index (χ1n) is 6.39. The molecular weight excluding hydrogens is 210 g/mol. The molecule has 1 saturated carbocycles. The molecule has 0 spiro atoms. The van der Waals surface area contributed by atoms with Crippen molar-refractivity contribution in [1.29, 1.82) is 0 Å². The van der Waals surface area contributed by atoms with Crippen molar-refractivity contribution in [3.05, 3.63) is 35.9 Å². The Balaban J connectivity index is 1.50. The Morgan fingerprint density at radius 1 is 1.35 bits per heavy atom. The number of nitrogens with one attached hydrogen (secondary N) is 1. The smallest absolute Gasteiger partial charge is 0.193 e. The molecule has 1 aromatic rings. The lowest BCUT2D eigenvalue weighted by atomic mass is 10.1. The third kappa shape index (κ3) is 2.28. The van der Waals surface area contributed by atoms with Crippen molar-refractivity contribution < 1.29 is 0 Å². The molecule has 2 aliphatic rings. The lowest BCUT2D eigenvalue weighted by molar-refractivity contribution is 0.530. The highest BCUT2D eigenvalue weighted by Gasteiger charge is 2.38. The van der Waals surface area contributed by atoms with E-state index in [1.165, 1.54) is 12.0 Å². The second-order valence-electron chi connectivity index (χ2n) is 5.02. The van der Waals surface area contributed by atoms with Gasteiger partial charge in [0.05, 0.1) is 6.54 Å². The van der Waals surface area contributed by atoms with Gasteiger partial charge < -0.3 is 10.2 Å². The molecule has 3 nitrogen and oxygen atoms in total. The van der Waals surface area contributed by atoms with Gasteiger partial charge in [-0.1, -0.05) is 30.3 Å². The van der Waals surface area contributed by atoms with E-state index in [0.29, 0.717) is 0 Å². The van der Waals surface area contributed by atoms with Crippen LogP contribution in [0.1, 0.15) is 17.9 Å². The molecule has 90 valence electrons. The fourth-order valence-corrected chi connectivity index (χ4v) is 2.53. The zero-order valence-corrected chi connectivity index (χ0v) is 10.3. The number of likely N-dealkylation sites (N-methyl/N-ethyl adjacent to an activating group) is 1. The van der Waals surface area contributed by atoms with Crippen molar-refractivity contribution >= 4 is 5.96 Å². The molecule has 1 N–H and O–H groups in total. The maximum absolute atomic E-state index is 4.45. The van der Waals surface area contributed by atoms with Crippen LogP contribution in [0.5, 0.6) is 0 Å². The summed E-state index contributed by atoms with van der Waals surface area (Å²) in [7, 11) is 2.10. The molecule has 0 unspecified atom stereocenters. The highest BCUT2D eigenvalue weighted by Crippen LogP contribution is 2.46. The predicted octanol–water partition coefficient (Wildman–Crippen LogP) is 1.68. The minimum absolute atomic E-state index is 0.760. The molecule has 0 saturated heterocycles. The van der Waals surface area contributed by atoms with Crippen LogP contribution in [0.4, 0.5) is 0 Å². The van der Waals surface area contributed by atoms with Crippen molar-refractivity contribution in [3.63, 3.8) is 0 Å². The van der Waals surface area contributed by atoms with E-state index in [0.717, 1.165) is 37.4 Å². The van der Waals surface area contributed by atoms with Crippen LogP contribution in [0.15, 0.2) is 35.3 Å². The summed E-state index contributed by atoms with van der Waals surface area (Å²) in [6, 6.07) is 10.8. The van der Waals surface area contributed by atoms with Gasteiger partial charge in [-0.2, -0.15) is 0 Å². The molecule has 0 radical (unpaired) electrons. The summed E-state index contributed by atoms with van der Waals surface area (Å²) in [5.74, 6) is 2.62. The van der Waals surface area contributed by atoms with E-state index in [9.17, 15) is 0 Å². The van der Waals surface area contributed by atoms with Crippen molar-refractivity contribution in [3.8, 4) is 0 Å². The van der Waals surface area contributed by atoms with E-state index in [-0.39, 0.29) is 0 Å². The van der Waals surface area contributed by atoms with E-state index in [1.54, 1.807) is 0 Å². The number of nitrogens with zero attached hydrogens (tertiary/aromatic N) is 2. The Morgan fingerprint density at radius 3 is 2.88 bits per heavy atom. The number of guanidine groups is 1. The molecule has 2 atom stereocenters. The molecule has 3 heteroatoms. The molecule has 0 bridgehead atoms. The highest BCUT2D eigenvalue weighted by molar-refractivity contribution is 5.81. The Hall–Kier alpha value is -1.51. The Morgan fingerprint density at radius 2 is 2.18 bits per heavy atom. The van der Waals surface area contributed by atoms with Gasteiger partial charge >= 0.3 is 0 Å². The zero-order valence-electron chi connectivity index (χ0n) is 10.3. The highest BCUT2D eigenvalue weighted by atomic mass is 15.3. The van der Waals surface area contributed by atoms with Crippen molar-refractivity contribution in [2.75, 3.05) is 26.7 Å². The number of hydrogen-bond donors (Lipinski definition) is 1. The van der Waals surface area contributed by atoms with Crippen LogP contribution in [0, 0.1) is 5.92 Å². The average Bonchev–Trinajstić information content (AvgIpc) is 3.04. The summed E-state index contributed by atoms with van der Waals surface area (Å²) in [6.07, 6.45) is 1.31. The third-order valence-electron chi connectivity index (χ3n) is 3.73. The molecule has 1 heterocycles. The third-order valence-corrected chi connectivity index (χ3v) is 3.73. The summed E-state index contributed by atoms with van der Waals surface area (Å²) in [6.45, 7) is 3.05. The van der Waals surface area contributed by atoms with Gasteiger partial charge in [0.15, 0.2) is 5.96 Å². The standard InChI is InChI=1S/C14H19N3/c1-17-8-7-15-14(17)16-10-12-9-13(12)11-5-3-2-4-6-11/h2-6,12-13H,7-10H2,1H3,(H,15,16)/t12-,13-/m0/s1. The van der Waals surface area contributed by atoms with Gasteiger partial charge in [0, 0.05) is 20.1 Å². The Bertz CT molecular complexity index is 413. The number of aliphatic imine (C=N–C) groups is 1. The van der Waals surface area contributed by atoms with Gasteiger partial charge in [-0.15, -0.1) is 0 Å². The SMILES string of the molecule is CN1CCN=C1NC[C@@H]1C[C@H]1c1ccccc1. The second kappa shape index (κ2) is 4.40. The minimum atomic E-state index is 0.760. The molecule has 0 aromatic heterocycles. The molecule has 1 fully saturated rings. The molecular formula is C14H19N3. The van der Waals surface area contributed by atoms with Gasteiger partial charge in [-0.25, -0.2) is 0 Å². The van der Waals surface area contributed by atoms with Gasteiger partial charge in [-0.05, 0) is 23.8 Å². The van der Waals surface area contributed by atoms with Gasteiger partial charge in [0.25, 0.3) is 0 Å². The predicted molar refractivity (Wildman–Crippen MR) is 70.2 cm³/mol. The minimum Gasteiger partial charge on any atom is -0.356 e. The normalized spacial score (nSPS) is 26.9. The van der Waals surface area contributed by atoms with Gasteiger partial charge in [-0.3, -0.25) is 4.99 Å².